The Kier molecular flexibility index (Phi) is 4.27. The van der Waals surface area contributed by atoms with Crippen LogP contribution in [0.5, 0.6) is 0 Å². The molecule has 0 spiro atoms. The fourth-order valence-corrected chi connectivity index (χ4v) is 3.89. The molecule has 0 atom stereocenters. The van der Waals surface area contributed by atoms with Crippen LogP contribution in [0.25, 0.3) is 0 Å². The monoisotopic (exact) mass is 287 g/mol. The van der Waals surface area contributed by atoms with Gasteiger partial charge in [0.15, 0.2) is 5.03 Å². The van der Waals surface area contributed by atoms with Crippen LogP contribution >= 0.6 is 0 Å². The van der Waals surface area contributed by atoms with E-state index in [1.807, 2.05) is 0 Å². The quantitative estimate of drug-likeness (QED) is 0.757. The van der Waals surface area contributed by atoms with Crippen LogP contribution in [0, 0.1) is 5.41 Å². The van der Waals surface area contributed by atoms with E-state index in [2.05, 4.69) is 21.8 Å². The van der Waals surface area contributed by atoms with Crippen LogP contribution < -0.4 is 4.72 Å². The van der Waals surface area contributed by atoms with Crippen molar-refractivity contribution in [3.05, 3.63) is 11.8 Å². The van der Waals surface area contributed by atoms with Gasteiger partial charge in [0.25, 0.3) is 10.0 Å². The number of nitrogens with one attached hydrogen (secondary N) is 2. The first-order valence-corrected chi connectivity index (χ1v) is 8.08. The molecule has 0 aliphatic heterocycles. The Bertz CT molecular complexity index is 518. The van der Waals surface area contributed by atoms with Crippen molar-refractivity contribution in [2.75, 3.05) is 6.54 Å². The van der Waals surface area contributed by atoms with Crippen molar-refractivity contribution in [2.45, 2.75) is 50.7 Å². The Labute approximate surface area is 113 Å². The fraction of sp³-hybridized carbons (Fsp3) is 0.750. The molecule has 1 saturated carbocycles. The highest BCUT2D eigenvalue weighted by Gasteiger charge is 2.29. The van der Waals surface area contributed by atoms with Gasteiger partial charge in [-0.05, 0) is 18.3 Å². The number of aliphatic hydroxyl groups excluding tert-OH is 1. The highest BCUT2D eigenvalue weighted by molar-refractivity contribution is 7.89. The van der Waals surface area contributed by atoms with Crippen LogP contribution in [0.3, 0.4) is 0 Å². The normalized spacial score (nSPS) is 19.5. The van der Waals surface area contributed by atoms with E-state index in [4.69, 9.17) is 5.11 Å². The molecular weight excluding hydrogens is 266 g/mol. The molecule has 1 fully saturated rings. The van der Waals surface area contributed by atoms with E-state index in [0.717, 1.165) is 25.7 Å². The lowest BCUT2D eigenvalue weighted by Gasteiger charge is -2.33. The van der Waals surface area contributed by atoms with Gasteiger partial charge in [0.05, 0.1) is 12.8 Å². The lowest BCUT2D eigenvalue weighted by molar-refractivity contribution is 0.219. The molecule has 0 unspecified atom stereocenters. The lowest BCUT2D eigenvalue weighted by atomic mass is 9.76. The number of nitrogens with zero attached hydrogens (tertiary/aromatic N) is 1. The zero-order valence-corrected chi connectivity index (χ0v) is 12.0. The zero-order valence-electron chi connectivity index (χ0n) is 11.1. The van der Waals surface area contributed by atoms with Crippen molar-refractivity contribution in [1.29, 1.82) is 0 Å². The third kappa shape index (κ3) is 3.34. The maximum Gasteiger partial charge on any atom is 0.257 e. The van der Waals surface area contributed by atoms with Crippen LogP contribution in [0.1, 0.15) is 44.6 Å². The van der Waals surface area contributed by atoms with Crippen LogP contribution in [-0.2, 0) is 16.6 Å². The zero-order chi connectivity index (χ0) is 13.9. The van der Waals surface area contributed by atoms with Gasteiger partial charge >= 0.3 is 0 Å². The molecule has 0 amide bonds. The number of aromatic nitrogens is 2. The predicted octanol–water partition coefficient (Wildman–Crippen LogP) is 1.15. The third-order valence-electron chi connectivity index (χ3n) is 3.87. The first-order valence-electron chi connectivity index (χ1n) is 6.60. The number of aliphatic hydroxyl groups is 1. The minimum atomic E-state index is -3.63. The molecule has 1 aromatic heterocycles. The van der Waals surface area contributed by atoms with E-state index in [-0.39, 0.29) is 17.0 Å². The van der Waals surface area contributed by atoms with Gasteiger partial charge in [-0.25, -0.2) is 13.1 Å². The summed E-state index contributed by atoms with van der Waals surface area (Å²) in [7, 11) is -3.63. The lowest BCUT2D eigenvalue weighted by Crippen LogP contribution is -2.37. The highest BCUT2D eigenvalue weighted by atomic mass is 32.2. The smallest absolute Gasteiger partial charge is 0.257 e. The van der Waals surface area contributed by atoms with E-state index >= 15 is 0 Å². The average molecular weight is 287 g/mol. The van der Waals surface area contributed by atoms with Gasteiger partial charge in [0, 0.05) is 12.1 Å². The molecule has 0 saturated heterocycles. The Morgan fingerprint density at radius 2 is 2.11 bits per heavy atom. The number of hydrogen-bond donors (Lipinski definition) is 3. The number of rotatable bonds is 5. The molecule has 1 aliphatic rings. The third-order valence-corrected chi connectivity index (χ3v) is 5.28. The molecule has 3 N–H and O–H groups in total. The van der Waals surface area contributed by atoms with Gasteiger partial charge in [-0.2, -0.15) is 5.10 Å². The molecule has 7 heteroatoms. The van der Waals surface area contributed by atoms with Crippen LogP contribution in [0.15, 0.2) is 11.2 Å². The van der Waals surface area contributed by atoms with Gasteiger partial charge in [0.2, 0.25) is 0 Å². The second-order valence-electron chi connectivity index (χ2n) is 5.58. The molecule has 6 nitrogen and oxygen atoms in total. The topological polar surface area (TPSA) is 95.1 Å². The number of aromatic amines is 1. The second kappa shape index (κ2) is 5.60. The molecule has 0 bridgehead atoms. The maximum absolute atomic E-state index is 12.2. The van der Waals surface area contributed by atoms with Crippen molar-refractivity contribution in [3.63, 3.8) is 0 Å². The Balaban J connectivity index is 2.05. The molecule has 19 heavy (non-hydrogen) atoms. The van der Waals surface area contributed by atoms with Crippen LogP contribution in [0.4, 0.5) is 0 Å². The van der Waals surface area contributed by atoms with Crippen molar-refractivity contribution in [1.82, 2.24) is 14.9 Å². The standard InChI is InChI=1S/C12H21N3O3S/c1-12(5-3-2-4-6-12)9-14-19(17,18)11-10(8-16)7-13-15-11/h7,14,16H,2-6,8-9H2,1H3,(H,13,15). The van der Waals surface area contributed by atoms with Crippen molar-refractivity contribution < 1.29 is 13.5 Å². The number of H-pyrrole nitrogens is 1. The van der Waals surface area contributed by atoms with Crippen LogP contribution in [-0.4, -0.2) is 30.3 Å². The highest BCUT2D eigenvalue weighted by Crippen LogP contribution is 2.35. The summed E-state index contributed by atoms with van der Waals surface area (Å²) >= 11 is 0. The van der Waals surface area contributed by atoms with Gasteiger partial charge in [-0.1, -0.05) is 26.2 Å². The van der Waals surface area contributed by atoms with E-state index < -0.39 is 10.0 Å². The molecule has 1 aromatic rings. The summed E-state index contributed by atoms with van der Waals surface area (Å²) < 4.78 is 27.0. The molecule has 1 heterocycles. The van der Waals surface area contributed by atoms with Crippen molar-refractivity contribution >= 4 is 10.0 Å². The SMILES string of the molecule is CC1(CNS(=O)(=O)c2[nH]ncc2CO)CCCCC1. The Morgan fingerprint density at radius 3 is 2.74 bits per heavy atom. The minimum absolute atomic E-state index is 0.0325. The first kappa shape index (κ1) is 14.5. The average Bonchev–Trinajstić information content (AvgIpc) is 2.87. The van der Waals surface area contributed by atoms with Crippen molar-refractivity contribution in [2.24, 2.45) is 5.41 Å². The molecule has 0 aromatic carbocycles. The van der Waals surface area contributed by atoms with E-state index in [1.165, 1.54) is 12.6 Å². The molecule has 108 valence electrons. The predicted molar refractivity (Wildman–Crippen MR) is 70.9 cm³/mol. The molecule has 0 radical (unpaired) electrons. The Hall–Kier alpha value is -0.920. The summed E-state index contributed by atoms with van der Waals surface area (Å²) in [4.78, 5) is 0. The fourth-order valence-electron chi connectivity index (χ4n) is 2.57. The van der Waals surface area contributed by atoms with E-state index in [9.17, 15) is 8.42 Å². The maximum atomic E-state index is 12.2. The number of hydrogen-bond acceptors (Lipinski definition) is 4. The summed E-state index contributed by atoms with van der Waals surface area (Å²) in [6.45, 7) is 2.21. The summed E-state index contributed by atoms with van der Waals surface area (Å²) in [5, 5.41) is 15.2. The summed E-state index contributed by atoms with van der Waals surface area (Å²) in [5.41, 5.74) is 0.325. The first-order chi connectivity index (χ1) is 8.97. The summed E-state index contributed by atoms with van der Waals surface area (Å²) in [6, 6.07) is 0. The van der Waals surface area contributed by atoms with E-state index in [0.29, 0.717) is 12.1 Å². The molecular formula is C12H21N3O3S. The van der Waals surface area contributed by atoms with Gasteiger partial charge in [-0.15, -0.1) is 0 Å². The van der Waals surface area contributed by atoms with Gasteiger partial charge in [-0.3, -0.25) is 5.10 Å². The summed E-state index contributed by atoms with van der Waals surface area (Å²) in [6.07, 6.45) is 6.97. The molecule has 2 rings (SSSR count). The second-order valence-corrected chi connectivity index (χ2v) is 7.28. The van der Waals surface area contributed by atoms with Gasteiger partial charge in [0.1, 0.15) is 0 Å². The molecule has 1 aliphatic carbocycles. The van der Waals surface area contributed by atoms with E-state index in [1.54, 1.807) is 0 Å². The van der Waals surface area contributed by atoms with Crippen molar-refractivity contribution in [3.8, 4) is 0 Å². The van der Waals surface area contributed by atoms with Crippen LogP contribution in [0.2, 0.25) is 0 Å². The number of sulfonamides is 1. The Morgan fingerprint density at radius 1 is 1.42 bits per heavy atom. The van der Waals surface area contributed by atoms with Gasteiger partial charge < -0.3 is 5.11 Å². The summed E-state index contributed by atoms with van der Waals surface area (Å²) in [5.74, 6) is 0. The minimum Gasteiger partial charge on any atom is -0.392 e. The largest absolute Gasteiger partial charge is 0.392 e.